The molecule has 0 radical (unpaired) electrons. The monoisotopic (exact) mass is 322 g/mol. The first kappa shape index (κ1) is 15.8. The van der Waals surface area contributed by atoms with Gasteiger partial charge in [-0.25, -0.2) is 8.42 Å². The molecular weight excluding hydrogens is 306 g/mol. The van der Waals surface area contributed by atoms with Gasteiger partial charge in [0.25, 0.3) is 0 Å². The predicted molar refractivity (Wildman–Crippen MR) is 73.2 cm³/mol. The molecular formula is C12H16F2N2O4S. The van der Waals surface area contributed by atoms with Gasteiger partial charge in [-0.1, -0.05) is 13.8 Å². The van der Waals surface area contributed by atoms with Crippen LogP contribution in [0.1, 0.15) is 13.8 Å². The van der Waals surface area contributed by atoms with Gasteiger partial charge in [-0.05, 0) is 12.1 Å². The van der Waals surface area contributed by atoms with Crippen LogP contribution in [0.15, 0.2) is 18.2 Å². The van der Waals surface area contributed by atoms with Crippen LogP contribution in [0.3, 0.4) is 0 Å². The van der Waals surface area contributed by atoms with Gasteiger partial charge in [-0.15, -0.1) is 8.78 Å². The number of benzene rings is 1. The number of alkyl halides is 2. The maximum absolute atomic E-state index is 12.9. The molecule has 1 aliphatic rings. The predicted octanol–water partition coefficient (Wildman–Crippen LogP) is 1.75. The minimum atomic E-state index is -3.72. The molecule has 6 nitrogen and oxygen atoms in total. The lowest BCUT2D eigenvalue weighted by Crippen LogP contribution is -2.30. The Morgan fingerprint density at radius 1 is 1.24 bits per heavy atom. The molecule has 21 heavy (non-hydrogen) atoms. The molecule has 0 amide bonds. The molecule has 0 unspecified atom stereocenters. The van der Waals surface area contributed by atoms with E-state index in [4.69, 9.17) is 0 Å². The number of nitrogens with one attached hydrogen (secondary N) is 2. The molecule has 0 saturated heterocycles. The third kappa shape index (κ3) is 4.43. The first-order chi connectivity index (χ1) is 9.67. The Kier molecular flexibility index (Phi) is 4.24. The Bertz CT molecular complexity index is 620. The summed E-state index contributed by atoms with van der Waals surface area (Å²) in [6.07, 6.45) is -3.72. The van der Waals surface area contributed by atoms with E-state index in [0.29, 0.717) is 0 Å². The maximum Gasteiger partial charge on any atom is 0.586 e. The number of anilines is 1. The van der Waals surface area contributed by atoms with Gasteiger partial charge in [0.05, 0.1) is 11.4 Å². The van der Waals surface area contributed by atoms with Crippen molar-refractivity contribution in [1.29, 1.82) is 0 Å². The summed E-state index contributed by atoms with van der Waals surface area (Å²) in [7, 11) is -3.57. The smallest absolute Gasteiger partial charge is 0.395 e. The Labute approximate surface area is 121 Å². The average molecular weight is 322 g/mol. The summed E-state index contributed by atoms with van der Waals surface area (Å²) in [5, 5.41) is 2.98. The zero-order valence-electron chi connectivity index (χ0n) is 11.5. The maximum atomic E-state index is 12.9. The lowest BCUT2D eigenvalue weighted by Gasteiger charge is -2.10. The quantitative estimate of drug-likeness (QED) is 0.834. The Morgan fingerprint density at radius 3 is 2.57 bits per heavy atom. The van der Waals surface area contributed by atoms with E-state index in [9.17, 15) is 17.2 Å². The lowest BCUT2D eigenvalue weighted by molar-refractivity contribution is -0.286. The number of hydrogen-bond acceptors (Lipinski definition) is 5. The zero-order chi connectivity index (χ0) is 15.7. The number of rotatable bonds is 6. The number of ether oxygens (including phenoxy) is 2. The highest BCUT2D eigenvalue weighted by Gasteiger charge is 2.43. The molecule has 1 aromatic carbocycles. The van der Waals surface area contributed by atoms with Crippen molar-refractivity contribution < 1.29 is 26.7 Å². The summed E-state index contributed by atoms with van der Waals surface area (Å²) in [6, 6.07) is 3.88. The summed E-state index contributed by atoms with van der Waals surface area (Å²) in [4.78, 5) is 0. The van der Waals surface area contributed by atoms with E-state index in [-0.39, 0.29) is 35.5 Å². The van der Waals surface area contributed by atoms with Gasteiger partial charge in [0.1, 0.15) is 0 Å². The van der Waals surface area contributed by atoms with Crippen molar-refractivity contribution in [2.45, 2.75) is 26.2 Å². The summed E-state index contributed by atoms with van der Waals surface area (Å²) >= 11 is 0. The van der Waals surface area contributed by atoms with Gasteiger partial charge < -0.3 is 14.8 Å². The standard InChI is InChI=1S/C12H16F2N2O4S/c1-8(2)15-5-6-21(17,18)16-9-3-4-10-11(7-9)20-12(13,14)19-10/h3-4,7-8,15-16H,5-6H2,1-2H3. The average Bonchev–Trinajstić information content (AvgIpc) is 2.60. The van der Waals surface area contributed by atoms with Crippen LogP contribution in [-0.4, -0.2) is 33.1 Å². The summed E-state index contributed by atoms with van der Waals surface area (Å²) in [5.41, 5.74) is 0.139. The summed E-state index contributed by atoms with van der Waals surface area (Å²) in [5.74, 6) is -0.472. The van der Waals surface area contributed by atoms with E-state index in [2.05, 4.69) is 19.5 Å². The molecule has 0 atom stereocenters. The van der Waals surface area contributed by atoms with Gasteiger partial charge in [-0.3, -0.25) is 4.72 Å². The zero-order valence-corrected chi connectivity index (χ0v) is 12.3. The van der Waals surface area contributed by atoms with Crippen LogP contribution in [0.25, 0.3) is 0 Å². The van der Waals surface area contributed by atoms with Crippen LogP contribution in [0, 0.1) is 0 Å². The molecule has 118 valence electrons. The van der Waals surface area contributed by atoms with E-state index in [1.807, 2.05) is 13.8 Å². The fourth-order valence-corrected chi connectivity index (χ4v) is 2.70. The highest BCUT2D eigenvalue weighted by atomic mass is 32.2. The summed E-state index contributed by atoms with van der Waals surface area (Å²) in [6.45, 7) is 4.09. The second-order valence-electron chi connectivity index (χ2n) is 4.86. The van der Waals surface area contributed by atoms with E-state index < -0.39 is 16.3 Å². The Balaban J connectivity index is 2.01. The minimum Gasteiger partial charge on any atom is -0.395 e. The van der Waals surface area contributed by atoms with Gasteiger partial charge in [0.2, 0.25) is 10.0 Å². The highest BCUT2D eigenvalue weighted by Crippen LogP contribution is 2.42. The van der Waals surface area contributed by atoms with Crippen LogP contribution in [-0.2, 0) is 10.0 Å². The molecule has 0 aromatic heterocycles. The van der Waals surface area contributed by atoms with Crippen molar-refractivity contribution >= 4 is 15.7 Å². The van der Waals surface area contributed by atoms with Crippen LogP contribution in [0.4, 0.5) is 14.5 Å². The summed E-state index contributed by atoms with van der Waals surface area (Å²) < 4.78 is 60.2. The van der Waals surface area contributed by atoms with E-state index >= 15 is 0 Å². The Morgan fingerprint density at radius 2 is 1.90 bits per heavy atom. The molecule has 1 aliphatic heterocycles. The Hall–Kier alpha value is -1.61. The van der Waals surface area contributed by atoms with Crippen molar-refractivity contribution in [3.05, 3.63) is 18.2 Å². The van der Waals surface area contributed by atoms with Crippen LogP contribution in [0.5, 0.6) is 11.5 Å². The molecule has 0 aliphatic carbocycles. The van der Waals surface area contributed by atoms with Gasteiger partial charge in [0, 0.05) is 18.7 Å². The fourth-order valence-electron chi connectivity index (χ4n) is 1.73. The van der Waals surface area contributed by atoms with Crippen molar-refractivity contribution in [2.24, 2.45) is 0 Å². The number of fused-ring (bicyclic) bond motifs is 1. The molecule has 2 rings (SSSR count). The minimum absolute atomic E-state index is 0.129. The highest BCUT2D eigenvalue weighted by molar-refractivity contribution is 7.92. The van der Waals surface area contributed by atoms with Crippen LogP contribution >= 0.6 is 0 Å². The molecule has 1 aromatic rings. The molecule has 0 saturated carbocycles. The lowest BCUT2D eigenvalue weighted by atomic mass is 10.3. The van der Waals surface area contributed by atoms with Crippen molar-refractivity contribution in [3.8, 4) is 11.5 Å². The second kappa shape index (κ2) is 5.64. The second-order valence-corrected chi connectivity index (χ2v) is 6.70. The van der Waals surface area contributed by atoms with Crippen molar-refractivity contribution in [3.63, 3.8) is 0 Å². The molecule has 0 spiro atoms. The molecule has 9 heteroatoms. The van der Waals surface area contributed by atoms with Gasteiger partial charge in [0.15, 0.2) is 11.5 Å². The topological polar surface area (TPSA) is 76.7 Å². The van der Waals surface area contributed by atoms with Crippen LogP contribution < -0.4 is 19.5 Å². The largest absolute Gasteiger partial charge is 0.586 e. The first-order valence-corrected chi connectivity index (χ1v) is 7.96. The SMILES string of the molecule is CC(C)NCCS(=O)(=O)Nc1ccc2c(c1)OC(F)(F)O2. The third-order valence-electron chi connectivity index (χ3n) is 2.60. The molecule has 0 bridgehead atoms. The normalized spacial score (nSPS) is 16.2. The molecule has 1 heterocycles. The third-order valence-corrected chi connectivity index (χ3v) is 3.89. The number of hydrogen-bond donors (Lipinski definition) is 2. The number of halogens is 2. The first-order valence-electron chi connectivity index (χ1n) is 6.31. The molecule has 0 fully saturated rings. The van der Waals surface area contributed by atoms with Crippen molar-refractivity contribution in [2.75, 3.05) is 17.0 Å². The van der Waals surface area contributed by atoms with E-state index in [0.717, 1.165) is 6.07 Å². The van der Waals surface area contributed by atoms with Gasteiger partial charge >= 0.3 is 6.29 Å². The van der Waals surface area contributed by atoms with Gasteiger partial charge in [-0.2, -0.15) is 0 Å². The molecule has 2 N–H and O–H groups in total. The van der Waals surface area contributed by atoms with E-state index in [1.54, 1.807) is 0 Å². The number of sulfonamides is 1. The van der Waals surface area contributed by atoms with E-state index in [1.165, 1.54) is 12.1 Å². The van der Waals surface area contributed by atoms with Crippen LogP contribution in [0.2, 0.25) is 0 Å². The van der Waals surface area contributed by atoms with Crippen molar-refractivity contribution in [1.82, 2.24) is 5.32 Å². The fraction of sp³-hybridized carbons (Fsp3) is 0.500.